The Hall–Kier alpha value is -0.800. The summed E-state index contributed by atoms with van der Waals surface area (Å²) in [5.74, 6) is 0. The van der Waals surface area contributed by atoms with Gasteiger partial charge in [0.15, 0.2) is 0 Å². The normalized spacial score (nSPS) is 12.8. The first kappa shape index (κ1) is 10.3. The molecule has 0 aromatic carbocycles. The summed E-state index contributed by atoms with van der Waals surface area (Å²) in [5, 5.41) is 7.94. The molecule has 1 aromatic rings. The van der Waals surface area contributed by atoms with Crippen molar-refractivity contribution < 1.29 is 0 Å². The summed E-state index contributed by atoms with van der Waals surface area (Å²) in [6.45, 7) is 6.30. The maximum atomic E-state index is 5.64. The Morgan fingerprint density at radius 3 is 3.00 bits per heavy atom. The number of halogens is 1. The van der Waals surface area contributed by atoms with Crippen LogP contribution in [0.4, 0.5) is 0 Å². The van der Waals surface area contributed by atoms with Gasteiger partial charge in [-0.25, -0.2) is 0 Å². The number of aromatic nitrogens is 2. The van der Waals surface area contributed by atoms with Gasteiger partial charge in [0.05, 0.1) is 5.69 Å². The molecular weight excluding hydrogens is 186 g/mol. The summed E-state index contributed by atoms with van der Waals surface area (Å²) in [4.78, 5) is 0. The maximum absolute atomic E-state index is 5.64. The van der Waals surface area contributed by atoms with Crippen molar-refractivity contribution in [2.45, 2.75) is 13.0 Å². The van der Waals surface area contributed by atoms with E-state index in [0.717, 1.165) is 5.69 Å². The van der Waals surface area contributed by atoms with Crippen molar-refractivity contribution in [3.8, 4) is 0 Å². The third-order valence-electron chi connectivity index (χ3n) is 1.90. The van der Waals surface area contributed by atoms with E-state index in [1.54, 1.807) is 6.20 Å². The summed E-state index contributed by atoms with van der Waals surface area (Å²) in [5.41, 5.74) is 1.14. The molecule has 1 N–H and O–H groups in total. The molecule has 1 rings (SSSR count). The average Bonchev–Trinajstić information content (AvgIpc) is 2.47. The molecule has 3 nitrogen and oxygen atoms in total. The molecule has 1 aromatic heterocycles. The molecular formula is C9H14ClN3. The minimum Gasteiger partial charge on any atom is -0.304 e. The first-order chi connectivity index (χ1) is 6.11. The Balaban J connectivity index is 2.53. The van der Waals surface area contributed by atoms with Crippen LogP contribution in [-0.4, -0.2) is 16.3 Å². The lowest BCUT2D eigenvalue weighted by Crippen LogP contribution is -2.21. The molecule has 0 amide bonds. The van der Waals surface area contributed by atoms with Crippen LogP contribution in [-0.2, 0) is 7.05 Å². The van der Waals surface area contributed by atoms with Gasteiger partial charge in [-0.2, -0.15) is 5.10 Å². The van der Waals surface area contributed by atoms with Crippen LogP contribution in [0.5, 0.6) is 0 Å². The largest absolute Gasteiger partial charge is 0.304 e. The van der Waals surface area contributed by atoms with Crippen molar-refractivity contribution in [1.29, 1.82) is 0 Å². The average molecular weight is 200 g/mol. The van der Waals surface area contributed by atoms with Crippen LogP contribution in [0.3, 0.4) is 0 Å². The zero-order chi connectivity index (χ0) is 9.84. The van der Waals surface area contributed by atoms with E-state index in [1.807, 2.05) is 17.8 Å². The summed E-state index contributed by atoms with van der Waals surface area (Å²) >= 11 is 5.64. The van der Waals surface area contributed by atoms with Crippen molar-refractivity contribution in [2.24, 2.45) is 7.05 Å². The smallest absolute Gasteiger partial charge is 0.0547 e. The molecule has 13 heavy (non-hydrogen) atoms. The van der Waals surface area contributed by atoms with E-state index in [2.05, 4.69) is 23.9 Å². The second-order valence-electron chi connectivity index (χ2n) is 3.00. The van der Waals surface area contributed by atoms with E-state index in [9.17, 15) is 0 Å². The lowest BCUT2D eigenvalue weighted by atomic mass is 10.2. The quantitative estimate of drug-likeness (QED) is 0.802. The van der Waals surface area contributed by atoms with Gasteiger partial charge in [0.1, 0.15) is 0 Å². The first-order valence-corrected chi connectivity index (χ1v) is 4.53. The van der Waals surface area contributed by atoms with Crippen LogP contribution in [0.2, 0.25) is 0 Å². The highest BCUT2D eigenvalue weighted by molar-refractivity contribution is 6.29. The second kappa shape index (κ2) is 4.44. The van der Waals surface area contributed by atoms with Gasteiger partial charge in [0, 0.05) is 30.9 Å². The summed E-state index contributed by atoms with van der Waals surface area (Å²) in [6, 6.07) is 2.22. The standard InChI is InChI=1S/C9H14ClN3/c1-7(10)6-11-8(2)9-4-5-12-13(9)3/h4-5,8,11H,1,6H2,2-3H3. The van der Waals surface area contributed by atoms with E-state index in [0.29, 0.717) is 11.6 Å². The molecule has 72 valence electrons. The van der Waals surface area contributed by atoms with Gasteiger partial charge in [0.25, 0.3) is 0 Å². The zero-order valence-corrected chi connectivity index (χ0v) is 8.67. The molecule has 0 spiro atoms. The topological polar surface area (TPSA) is 29.9 Å². The van der Waals surface area contributed by atoms with Crippen molar-refractivity contribution >= 4 is 11.6 Å². The third kappa shape index (κ3) is 2.86. The fourth-order valence-electron chi connectivity index (χ4n) is 1.18. The van der Waals surface area contributed by atoms with Gasteiger partial charge >= 0.3 is 0 Å². The monoisotopic (exact) mass is 199 g/mol. The van der Waals surface area contributed by atoms with E-state index in [4.69, 9.17) is 11.6 Å². The van der Waals surface area contributed by atoms with Crippen LogP contribution in [0.1, 0.15) is 18.7 Å². The Labute approximate surface area is 83.4 Å². The predicted octanol–water partition coefficient (Wildman–Crippen LogP) is 1.82. The van der Waals surface area contributed by atoms with Crippen LogP contribution >= 0.6 is 11.6 Å². The van der Waals surface area contributed by atoms with E-state index in [1.165, 1.54) is 0 Å². The van der Waals surface area contributed by atoms with Gasteiger partial charge < -0.3 is 5.32 Å². The Morgan fingerprint density at radius 1 is 1.85 bits per heavy atom. The lowest BCUT2D eigenvalue weighted by molar-refractivity contribution is 0.557. The predicted molar refractivity (Wildman–Crippen MR) is 54.6 cm³/mol. The van der Waals surface area contributed by atoms with Gasteiger partial charge in [-0.3, -0.25) is 4.68 Å². The van der Waals surface area contributed by atoms with E-state index >= 15 is 0 Å². The molecule has 1 atom stereocenters. The molecule has 0 fully saturated rings. The highest BCUT2D eigenvalue weighted by Gasteiger charge is 2.07. The van der Waals surface area contributed by atoms with Gasteiger partial charge in [-0.05, 0) is 13.0 Å². The van der Waals surface area contributed by atoms with Crippen LogP contribution in [0, 0.1) is 0 Å². The molecule has 1 heterocycles. The number of hydrogen-bond acceptors (Lipinski definition) is 2. The highest BCUT2D eigenvalue weighted by Crippen LogP contribution is 2.10. The van der Waals surface area contributed by atoms with Crippen molar-refractivity contribution in [2.75, 3.05) is 6.54 Å². The van der Waals surface area contributed by atoms with Crippen molar-refractivity contribution in [1.82, 2.24) is 15.1 Å². The molecule has 1 unspecified atom stereocenters. The molecule has 0 radical (unpaired) electrons. The summed E-state index contributed by atoms with van der Waals surface area (Å²) in [7, 11) is 1.92. The minimum absolute atomic E-state index is 0.239. The number of aryl methyl sites for hydroxylation is 1. The Kier molecular flexibility index (Phi) is 3.51. The fourth-order valence-corrected chi connectivity index (χ4v) is 1.25. The maximum Gasteiger partial charge on any atom is 0.0547 e. The van der Waals surface area contributed by atoms with Gasteiger partial charge in [-0.15, -0.1) is 0 Å². The molecule has 0 saturated carbocycles. The van der Waals surface area contributed by atoms with E-state index in [-0.39, 0.29) is 6.04 Å². The molecule has 4 heteroatoms. The number of rotatable bonds is 4. The van der Waals surface area contributed by atoms with Crippen LogP contribution < -0.4 is 5.32 Å². The SMILES string of the molecule is C=C(Cl)CNC(C)c1ccnn1C. The zero-order valence-electron chi connectivity index (χ0n) is 7.92. The van der Waals surface area contributed by atoms with Crippen LogP contribution in [0.25, 0.3) is 0 Å². The van der Waals surface area contributed by atoms with Crippen molar-refractivity contribution in [3.05, 3.63) is 29.6 Å². The highest BCUT2D eigenvalue weighted by atomic mass is 35.5. The summed E-state index contributed by atoms with van der Waals surface area (Å²) in [6.07, 6.45) is 1.78. The Bertz CT molecular complexity index is 293. The van der Waals surface area contributed by atoms with Crippen LogP contribution in [0.15, 0.2) is 23.9 Å². The van der Waals surface area contributed by atoms with Crippen molar-refractivity contribution in [3.63, 3.8) is 0 Å². The van der Waals surface area contributed by atoms with E-state index < -0.39 is 0 Å². The summed E-state index contributed by atoms with van der Waals surface area (Å²) < 4.78 is 1.84. The molecule has 0 aliphatic carbocycles. The third-order valence-corrected chi connectivity index (χ3v) is 2.04. The number of nitrogens with one attached hydrogen (secondary N) is 1. The first-order valence-electron chi connectivity index (χ1n) is 4.16. The van der Waals surface area contributed by atoms with Gasteiger partial charge in [-0.1, -0.05) is 18.2 Å². The van der Waals surface area contributed by atoms with Gasteiger partial charge in [0.2, 0.25) is 0 Å². The minimum atomic E-state index is 0.239. The molecule has 0 saturated heterocycles. The number of nitrogens with zero attached hydrogens (tertiary/aromatic N) is 2. The fraction of sp³-hybridized carbons (Fsp3) is 0.444. The Morgan fingerprint density at radius 2 is 2.54 bits per heavy atom. The number of hydrogen-bond donors (Lipinski definition) is 1. The molecule has 0 aliphatic rings. The molecule has 0 aliphatic heterocycles. The second-order valence-corrected chi connectivity index (χ2v) is 3.53. The molecule has 0 bridgehead atoms. The lowest BCUT2D eigenvalue weighted by Gasteiger charge is -2.13.